The predicted molar refractivity (Wildman–Crippen MR) is 74.9 cm³/mol. The van der Waals surface area contributed by atoms with Gasteiger partial charge in [0.05, 0.1) is 0 Å². The van der Waals surface area contributed by atoms with Gasteiger partial charge in [0.2, 0.25) is 5.91 Å². The molecule has 19 heavy (non-hydrogen) atoms. The number of thioether (sulfide) groups is 1. The van der Waals surface area contributed by atoms with E-state index in [0.717, 1.165) is 12.2 Å². The van der Waals surface area contributed by atoms with Crippen LogP contribution >= 0.6 is 11.8 Å². The largest absolute Gasteiger partial charge is 0.331 e. The summed E-state index contributed by atoms with van der Waals surface area (Å²) in [4.78, 5) is 35.8. The number of amides is 1. The molecule has 2 rings (SSSR count). The maximum Gasteiger partial charge on any atom is 0.331 e. The van der Waals surface area contributed by atoms with Crippen LogP contribution in [0.3, 0.4) is 0 Å². The van der Waals surface area contributed by atoms with Crippen LogP contribution in [0.2, 0.25) is 0 Å². The number of carbonyl (C=O) groups excluding carboxylic acids is 1. The SMILES string of the molecule is CCCn1c(=O)c(NC(C)=O)c2n(c1=O)CCCS2. The lowest BCUT2D eigenvalue weighted by Crippen LogP contribution is -2.43. The number of carbonyl (C=O) groups is 1. The molecule has 1 amide bonds. The molecular formula is C12H17N3O3S. The molecule has 0 bridgehead atoms. The third-order valence-electron chi connectivity index (χ3n) is 2.89. The van der Waals surface area contributed by atoms with E-state index in [-0.39, 0.29) is 17.3 Å². The Balaban J connectivity index is 2.70. The van der Waals surface area contributed by atoms with Crippen LogP contribution in [0.15, 0.2) is 14.6 Å². The molecule has 0 saturated carbocycles. The minimum absolute atomic E-state index is 0.241. The summed E-state index contributed by atoms with van der Waals surface area (Å²) < 4.78 is 2.80. The molecule has 6 nitrogen and oxygen atoms in total. The van der Waals surface area contributed by atoms with Gasteiger partial charge in [-0.25, -0.2) is 4.79 Å². The molecule has 0 unspecified atom stereocenters. The molecule has 0 fully saturated rings. The Morgan fingerprint density at radius 1 is 1.42 bits per heavy atom. The number of anilines is 1. The maximum atomic E-state index is 12.3. The molecule has 1 N–H and O–H groups in total. The van der Waals surface area contributed by atoms with E-state index in [9.17, 15) is 14.4 Å². The van der Waals surface area contributed by atoms with Crippen molar-refractivity contribution in [2.45, 2.75) is 44.8 Å². The lowest BCUT2D eigenvalue weighted by Gasteiger charge is -2.22. The summed E-state index contributed by atoms with van der Waals surface area (Å²) in [5.41, 5.74) is -0.434. The molecule has 1 aliphatic rings. The van der Waals surface area contributed by atoms with Crippen LogP contribution in [-0.2, 0) is 17.9 Å². The molecule has 7 heteroatoms. The monoisotopic (exact) mass is 283 g/mol. The minimum Gasteiger partial charge on any atom is -0.320 e. The summed E-state index contributed by atoms with van der Waals surface area (Å²) in [6.45, 7) is 4.23. The highest BCUT2D eigenvalue weighted by atomic mass is 32.2. The summed E-state index contributed by atoms with van der Waals surface area (Å²) in [6, 6.07) is 0. The first kappa shape index (κ1) is 13.9. The van der Waals surface area contributed by atoms with Crippen molar-refractivity contribution in [1.82, 2.24) is 9.13 Å². The second kappa shape index (κ2) is 5.64. The zero-order valence-electron chi connectivity index (χ0n) is 11.1. The van der Waals surface area contributed by atoms with Gasteiger partial charge >= 0.3 is 5.69 Å². The first-order valence-electron chi connectivity index (χ1n) is 6.34. The summed E-state index contributed by atoms with van der Waals surface area (Å²) in [5, 5.41) is 3.16. The number of aromatic nitrogens is 2. The normalized spacial score (nSPS) is 14.0. The Kier molecular flexibility index (Phi) is 4.14. The summed E-state index contributed by atoms with van der Waals surface area (Å²) >= 11 is 1.45. The molecule has 1 aromatic rings. The Hall–Kier alpha value is -1.50. The fourth-order valence-corrected chi connectivity index (χ4v) is 3.20. The standard InChI is InChI=1S/C12H17N3O3S/c1-3-5-14-10(17)9(13-8(2)16)11-15(12(14)18)6-4-7-19-11/h3-7H2,1-2H3,(H,13,16). The molecular weight excluding hydrogens is 266 g/mol. The fraction of sp³-hybridized carbons (Fsp3) is 0.583. The van der Waals surface area contributed by atoms with Crippen molar-refractivity contribution in [1.29, 1.82) is 0 Å². The van der Waals surface area contributed by atoms with Gasteiger partial charge in [-0.15, -0.1) is 11.8 Å². The van der Waals surface area contributed by atoms with Crippen LogP contribution < -0.4 is 16.6 Å². The van der Waals surface area contributed by atoms with Gasteiger partial charge in [-0.05, 0) is 12.8 Å². The van der Waals surface area contributed by atoms with Gasteiger partial charge in [0, 0.05) is 25.8 Å². The second-order valence-corrected chi connectivity index (χ2v) is 5.54. The van der Waals surface area contributed by atoms with Crippen molar-refractivity contribution < 1.29 is 4.79 Å². The Labute approximate surface area is 114 Å². The van der Waals surface area contributed by atoms with E-state index >= 15 is 0 Å². The molecule has 104 valence electrons. The van der Waals surface area contributed by atoms with E-state index in [4.69, 9.17) is 0 Å². The van der Waals surface area contributed by atoms with Gasteiger partial charge in [0.1, 0.15) is 10.7 Å². The van der Waals surface area contributed by atoms with Crippen LogP contribution in [0.1, 0.15) is 26.7 Å². The van der Waals surface area contributed by atoms with Crippen molar-refractivity contribution in [2.75, 3.05) is 11.1 Å². The Bertz CT molecular complexity index is 618. The van der Waals surface area contributed by atoms with Crippen molar-refractivity contribution >= 4 is 23.4 Å². The molecule has 2 heterocycles. The lowest BCUT2D eigenvalue weighted by atomic mass is 10.4. The lowest BCUT2D eigenvalue weighted by molar-refractivity contribution is -0.114. The van der Waals surface area contributed by atoms with Crippen LogP contribution in [0.5, 0.6) is 0 Å². The first-order chi connectivity index (χ1) is 9.06. The van der Waals surface area contributed by atoms with Crippen LogP contribution in [0.4, 0.5) is 5.69 Å². The average Bonchev–Trinajstić information content (AvgIpc) is 2.39. The molecule has 0 aliphatic carbocycles. The van der Waals surface area contributed by atoms with E-state index in [1.54, 1.807) is 4.57 Å². The van der Waals surface area contributed by atoms with Gasteiger partial charge in [-0.1, -0.05) is 6.92 Å². The molecule has 0 radical (unpaired) electrons. The van der Waals surface area contributed by atoms with Crippen molar-refractivity contribution in [2.24, 2.45) is 0 Å². The number of hydrogen-bond donors (Lipinski definition) is 1. The van der Waals surface area contributed by atoms with Gasteiger partial charge < -0.3 is 5.32 Å². The van der Waals surface area contributed by atoms with Crippen molar-refractivity contribution in [3.05, 3.63) is 20.8 Å². The van der Waals surface area contributed by atoms with Crippen LogP contribution in [0.25, 0.3) is 0 Å². The number of nitrogens with one attached hydrogen (secondary N) is 1. The summed E-state index contributed by atoms with van der Waals surface area (Å²) in [6.07, 6.45) is 1.59. The number of hydrogen-bond acceptors (Lipinski definition) is 4. The molecule has 0 spiro atoms. The van der Waals surface area contributed by atoms with Crippen LogP contribution in [-0.4, -0.2) is 20.8 Å². The minimum atomic E-state index is -0.400. The van der Waals surface area contributed by atoms with E-state index in [2.05, 4.69) is 5.32 Å². The molecule has 1 aromatic heterocycles. The first-order valence-corrected chi connectivity index (χ1v) is 7.32. The summed E-state index contributed by atoms with van der Waals surface area (Å²) in [7, 11) is 0. The van der Waals surface area contributed by atoms with Crippen LogP contribution in [0, 0.1) is 0 Å². The second-order valence-electron chi connectivity index (χ2n) is 4.45. The number of rotatable bonds is 3. The Morgan fingerprint density at radius 3 is 2.79 bits per heavy atom. The van der Waals surface area contributed by atoms with E-state index < -0.39 is 5.56 Å². The zero-order valence-corrected chi connectivity index (χ0v) is 11.9. The predicted octanol–water partition coefficient (Wildman–Crippen LogP) is 0.874. The molecule has 1 aliphatic heterocycles. The third kappa shape index (κ3) is 2.60. The molecule has 0 saturated heterocycles. The topological polar surface area (TPSA) is 73.1 Å². The average molecular weight is 283 g/mol. The highest BCUT2D eigenvalue weighted by molar-refractivity contribution is 7.99. The molecule has 0 atom stereocenters. The maximum absolute atomic E-state index is 12.3. The highest BCUT2D eigenvalue weighted by Gasteiger charge is 2.22. The number of fused-ring (bicyclic) bond motifs is 1. The van der Waals surface area contributed by atoms with E-state index in [1.807, 2.05) is 6.92 Å². The van der Waals surface area contributed by atoms with Gasteiger partial charge in [-0.3, -0.25) is 18.7 Å². The molecule has 0 aromatic carbocycles. The van der Waals surface area contributed by atoms with Crippen molar-refractivity contribution in [3.8, 4) is 0 Å². The third-order valence-corrected chi connectivity index (χ3v) is 4.08. The van der Waals surface area contributed by atoms with Gasteiger partial charge in [0.25, 0.3) is 5.56 Å². The number of nitrogens with zero attached hydrogens (tertiary/aromatic N) is 2. The smallest absolute Gasteiger partial charge is 0.320 e. The quantitative estimate of drug-likeness (QED) is 0.836. The van der Waals surface area contributed by atoms with Gasteiger partial charge in [0.15, 0.2) is 0 Å². The van der Waals surface area contributed by atoms with Gasteiger partial charge in [-0.2, -0.15) is 0 Å². The fourth-order valence-electron chi connectivity index (χ4n) is 2.12. The van der Waals surface area contributed by atoms with E-state index in [1.165, 1.54) is 23.3 Å². The highest BCUT2D eigenvalue weighted by Crippen LogP contribution is 2.27. The Morgan fingerprint density at radius 2 is 2.16 bits per heavy atom. The van der Waals surface area contributed by atoms with Crippen molar-refractivity contribution in [3.63, 3.8) is 0 Å². The van der Waals surface area contributed by atoms with E-state index in [0.29, 0.717) is 24.5 Å². The zero-order chi connectivity index (χ0) is 14.0. The summed E-state index contributed by atoms with van der Waals surface area (Å²) in [5.74, 6) is 0.552.